The van der Waals surface area contributed by atoms with Crippen LogP contribution in [-0.4, -0.2) is 145 Å². The molecule has 15 atom stereocenters. The van der Waals surface area contributed by atoms with Gasteiger partial charge >= 0.3 is 11.9 Å². The van der Waals surface area contributed by atoms with Crippen molar-refractivity contribution in [1.29, 1.82) is 0 Å². The third-order valence-corrected chi connectivity index (χ3v) is 16.8. The molecule has 6 aliphatic rings. The number of benzene rings is 1. The van der Waals surface area contributed by atoms with Gasteiger partial charge in [0.15, 0.2) is 5.60 Å². The first-order chi connectivity index (χ1) is 30.4. The van der Waals surface area contributed by atoms with E-state index < -0.39 is 106 Å². The lowest BCUT2D eigenvalue weighted by molar-refractivity contribution is -0.355. The number of likely N-dealkylation sites (tertiary alicyclic amines) is 1. The quantitative estimate of drug-likeness (QED) is 0.0560. The fraction of sp³-hybridized carbons (Fsp3) is 0.800. The molecule has 0 radical (unpaired) electrons. The highest BCUT2D eigenvalue weighted by Crippen LogP contribution is 2.82. The smallest absolute Gasteiger partial charge is 0.338 e. The zero-order chi connectivity index (χ0) is 45.2. The Labute approximate surface area is 375 Å². The van der Waals surface area contributed by atoms with Crippen LogP contribution in [0.4, 0.5) is 0 Å². The number of piperidine rings is 1. The molecule has 7 rings (SSSR count). The van der Waals surface area contributed by atoms with Crippen molar-refractivity contribution in [3.63, 3.8) is 0 Å². The number of carbonyl (C=O) groups is 2. The lowest BCUT2D eigenvalue weighted by Crippen LogP contribution is -2.85. The molecule has 1 aliphatic heterocycles. The summed E-state index contributed by atoms with van der Waals surface area (Å²) in [5.74, 6) is -4.18. The molecule has 5 saturated carbocycles. The molecular formula is C50H77NO12. The van der Waals surface area contributed by atoms with Gasteiger partial charge in [-0.2, -0.15) is 0 Å². The van der Waals surface area contributed by atoms with E-state index in [4.69, 9.17) is 28.4 Å². The Hall–Kier alpha value is -2.46. The Morgan fingerprint density at radius 2 is 1.46 bits per heavy atom. The summed E-state index contributed by atoms with van der Waals surface area (Å²) in [4.78, 5) is 30.9. The van der Waals surface area contributed by atoms with Gasteiger partial charge in [0.1, 0.15) is 23.9 Å². The molecule has 7 bridgehead atoms. The van der Waals surface area contributed by atoms with Gasteiger partial charge in [-0.05, 0) is 50.8 Å². The minimum absolute atomic E-state index is 0.0578. The molecule has 6 fully saturated rings. The number of methoxy groups -OCH3 is 4. The average molecular weight is 884 g/mol. The van der Waals surface area contributed by atoms with Gasteiger partial charge in [0.2, 0.25) is 0 Å². The molecule has 1 heterocycles. The highest BCUT2D eigenvalue weighted by Gasteiger charge is 2.96. The number of hydrogen-bond donors (Lipinski definition) is 4. The van der Waals surface area contributed by atoms with E-state index in [9.17, 15) is 30.0 Å². The minimum Gasteiger partial charge on any atom is -0.455 e. The molecule has 13 heteroatoms. The van der Waals surface area contributed by atoms with Gasteiger partial charge in [0.05, 0.1) is 42.0 Å². The highest BCUT2D eigenvalue weighted by atomic mass is 16.6. The number of carbonyl (C=O) groups excluding carboxylic acids is 2. The molecule has 63 heavy (non-hydrogen) atoms. The van der Waals surface area contributed by atoms with E-state index in [1.165, 1.54) is 45.6 Å². The van der Waals surface area contributed by atoms with Crippen molar-refractivity contribution in [1.82, 2.24) is 4.90 Å². The van der Waals surface area contributed by atoms with Crippen LogP contribution < -0.4 is 0 Å². The number of aliphatic hydroxyl groups is 4. The van der Waals surface area contributed by atoms with Gasteiger partial charge in [0, 0.05) is 83.0 Å². The summed E-state index contributed by atoms with van der Waals surface area (Å²) in [5, 5.41) is 52.6. The fourth-order valence-corrected chi connectivity index (χ4v) is 14.7. The molecule has 13 nitrogen and oxygen atoms in total. The molecule has 1 unspecified atom stereocenters. The summed E-state index contributed by atoms with van der Waals surface area (Å²) in [6.07, 6.45) is 11.7. The summed E-state index contributed by atoms with van der Waals surface area (Å²) < 4.78 is 38.2. The largest absolute Gasteiger partial charge is 0.455 e. The predicted molar refractivity (Wildman–Crippen MR) is 236 cm³/mol. The molecule has 4 N–H and O–H groups in total. The van der Waals surface area contributed by atoms with Crippen LogP contribution >= 0.6 is 0 Å². The number of ether oxygens (including phenoxy) is 6. The van der Waals surface area contributed by atoms with Gasteiger partial charge < -0.3 is 48.8 Å². The van der Waals surface area contributed by atoms with Gasteiger partial charge in [0.25, 0.3) is 0 Å². The Balaban J connectivity index is 1.21. The zero-order valence-electron chi connectivity index (χ0n) is 38.8. The number of esters is 2. The van der Waals surface area contributed by atoms with Crippen molar-refractivity contribution in [3.05, 3.63) is 48.0 Å². The second-order valence-electron chi connectivity index (χ2n) is 19.8. The first-order valence-corrected chi connectivity index (χ1v) is 24.1. The first kappa shape index (κ1) is 48.5. The maximum absolute atomic E-state index is 14.6. The molecule has 1 spiro atoms. The van der Waals surface area contributed by atoms with Crippen LogP contribution in [0.25, 0.3) is 0 Å². The van der Waals surface area contributed by atoms with Crippen molar-refractivity contribution in [2.24, 2.45) is 28.6 Å². The minimum atomic E-state index is -2.14. The summed E-state index contributed by atoms with van der Waals surface area (Å²) in [5.41, 5.74) is -8.24. The van der Waals surface area contributed by atoms with E-state index in [1.54, 1.807) is 51.7 Å². The van der Waals surface area contributed by atoms with E-state index in [2.05, 4.69) is 24.0 Å². The van der Waals surface area contributed by atoms with E-state index in [-0.39, 0.29) is 25.0 Å². The topological polar surface area (TPSA) is 174 Å². The molecule has 5 aliphatic carbocycles. The van der Waals surface area contributed by atoms with E-state index in [1.807, 2.05) is 6.92 Å². The van der Waals surface area contributed by atoms with Gasteiger partial charge in [-0.3, -0.25) is 9.69 Å². The number of rotatable bonds is 24. The number of hydrogen-bond acceptors (Lipinski definition) is 13. The third kappa shape index (κ3) is 7.55. The van der Waals surface area contributed by atoms with Crippen LogP contribution in [-0.2, 0) is 33.2 Å². The van der Waals surface area contributed by atoms with Gasteiger partial charge in [-0.1, -0.05) is 95.6 Å². The molecule has 0 amide bonds. The van der Waals surface area contributed by atoms with Crippen LogP contribution in [0.2, 0.25) is 0 Å². The normalized spacial score (nSPS) is 41.0. The highest BCUT2D eigenvalue weighted by molar-refractivity contribution is 5.89. The monoisotopic (exact) mass is 884 g/mol. The average Bonchev–Trinajstić information content (AvgIpc) is 3.63. The fourth-order valence-electron chi connectivity index (χ4n) is 14.7. The van der Waals surface area contributed by atoms with E-state index in [0.717, 1.165) is 38.5 Å². The third-order valence-electron chi connectivity index (χ3n) is 16.8. The molecular weight excluding hydrogens is 807 g/mol. The molecule has 1 aromatic carbocycles. The lowest BCUT2D eigenvalue weighted by Gasteiger charge is -2.72. The van der Waals surface area contributed by atoms with Crippen molar-refractivity contribution >= 4 is 11.9 Å². The van der Waals surface area contributed by atoms with Crippen LogP contribution in [0.15, 0.2) is 42.5 Å². The summed E-state index contributed by atoms with van der Waals surface area (Å²) in [6.45, 7) is 5.22. The zero-order valence-corrected chi connectivity index (χ0v) is 38.8. The Morgan fingerprint density at radius 3 is 2.06 bits per heavy atom. The van der Waals surface area contributed by atoms with Crippen molar-refractivity contribution in [3.8, 4) is 0 Å². The summed E-state index contributed by atoms with van der Waals surface area (Å²) >= 11 is 0. The van der Waals surface area contributed by atoms with Crippen LogP contribution in [0.3, 0.4) is 0 Å². The first-order valence-electron chi connectivity index (χ1n) is 24.1. The number of unbranched alkanes of at least 4 members (excludes halogenated alkanes) is 11. The van der Waals surface area contributed by atoms with E-state index in [0.29, 0.717) is 19.5 Å². The molecule has 1 saturated heterocycles. The van der Waals surface area contributed by atoms with Crippen LogP contribution in [0.1, 0.15) is 127 Å². The number of fused-ring (bicyclic) bond motifs is 2. The van der Waals surface area contributed by atoms with Gasteiger partial charge in [-0.25, -0.2) is 4.79 Å². The number of allylic oxidation sites excluding steroid dienone is 2. The Bertz CT molecular complexity index is 1730. The number of nitrogens with zero attached hydrogens (tertiary/aromatic N) is 1. The van der Waals surface area contributed by atoms with Gasteiger partial charge in [-0.15, -0.1) is 0 Å². The second kappa shape index (κ2) is 19.8. The maximum atomic E-state index is 14.6. The van der Waals surface area contributed by atoms with Crippen LogP contribution in [0.5, 0.6) is 0 Å². The Morgan fingerprint density at radius 1 is 0.810 bits per heavy atom. The van der Waals surface area contributed by atoms with E-state index >= 15 is 0 Å². The standard InChI is InChI=1S/C50H77NO12/c1-7-9-10-11-12-13-14-15-16-17-18-19-20-21-25-28-36(53)63-50-37-38(60-5)39-46(32-58-3)31-51(8-2)41(37)49(39,35(59-4)29-34(46)52)48(57)30-47(56,44(61-6)42(50)54)43(40(48)50)62-45(55)33-26-23-22-24-27-33/h15-16,22-24,26-27,34-35,37-44,52,54,56-57H,7-14,17-21,25,28-32H2,1-6H3/b16-15-/t34?,35-,37-,38-,39+,40-,41+,42-,43+,44-,46-,47-,48-,49+,50-/m0/s1. The Kier molecular flexibility index (Phi) is 15.2. The summed E-state index contributed by atoms with van der Waals surface area (Å²) in [6, 6.07) is 7.77. The van der Waals surface area contributed by atoms with Crippen molar-refractivity contribution in [2.75, 3.05) is 48.1 Å². The molecule has 1 aromatic rings. The van der Waals surface area contributed by atoms with Crippen molar-refractivity contribution in [2.45, 2.75) is 176 Å². The molecule has 354 valence electrons. The predicted octanol–water partition coefficient (Wildman–Crippen LogP) is 5.78. The summed E-state index contributed by atoms with van der Waals surface area (Å²) in [7, 11) is 6.08. The molecule has 0 aromatic heterocycles. The maximum Gasteiger partial charge on any atom is 0.338 e. The van der Waals surface area contributed by atoms with Crippen LogP contribution in [0, 0.1) is 28.6 Å². The number of aliphatic hydroxyl groups excluding tert-OH is 2. The van der Waals surface area contributed by atoms with Crippen molar-refractivity contribution < 1.29 is 58.4 Å². The lowest BCUT2D eigenvalue weighted by atomic mass is 9.40. The SMILES string of the molecule is CCCCCCCC/C=C\CCCCCCCC(=O)O[C@@]12[C@H]3[C@H](OC)[C@@H]4[C@]5(COC)CN(CC)[C@H]3[C@]4([C@@H](OC)CC5O)[C@]3(O)C[C@](O)([C@H](OC(=O)c4ccccc4)[C@H]13)[C@@H](OC)[C@@H]2O. The second-order valence-corrected chi connectivity index (χ2v) is 19.8.